The molecule has 1 atom stereocenters. The van der Waals surface area contributed by atoms with Crippen LogP contribution in [0.25, 0.3) is 0 Å². The first-order valence-electron chi connectivity index (χ1n) is 6.55. The number of carbonyl (C=O) groups is 1. The Balaban J connectivity index is 1.86. The van der Waals surface area contributed by atoms with Crippen LogP contribution in [0, 0.1) is 5.82 Å². The first kappa shape index (κ1) is 13.1. The second-order valence-electron chi connectivity index (χ2n) is 4.92. The molecule has 1 aromatic heterocycles. The van der Waals surface area contributed by atoms with Gasteiger partial charge in [0.15, 0.2) is 5.78 Å². The van der Waals surface area contributed by atoms with Gasteiger partial charge in [-0.05, 0) is 38.4 Å². The van der Waals surface area contributed by atoms with Crippen molar-refractivity contribution in [2.24, 2.45) is 0 Å². The Bertz CT molecular complexity index is 405. The molecule has 0 aromatic carbocycles. The van der Waals surface area contributed by atoms with Gasteiger partial charge in [0.05, 0.1) is 6.20 Å². The average Bonchev–Trinajstić information content (AvgIpc) is 2.38. The molecule has 0 amide bonds. The summed E-state index contributed by atoms with van der Waals surface area (Å²) in [5, 5.41) is 0. The van der Waals surface area contributed by atoms with Crippen LogP contribution in [-0.4, -0.2) is 34.8 Å². The Morgan fingerprint density at radius 1 is 1.50 bits per heavy atom. The van der Waals surface area contributed by atoms with E-state index in [1.54, 1.807) is 0 Å². The van der Waals surface area contributed by atoms with Crippen molar-refractivity contribution in [3.8, 4) is 0 Å². The Morgan fingerprint density at radius 2 is 2.33 bits per heavy atom. The minimum atomic E-state index is -0.406. The highest BCUT2D eigenvalue weighted by Crippen LogP contribution is 2.16. The van der Waals surface area contributed by atoms with Gasteiger partial charge in [-0.25, -0.2) is 4.39 Å². The fraction of sp³-hybridized carbons (Fsp3) is 0.571. The van der Waals surface area contributed by atoms with Crippen LogP contribution in [0.3, 0.4) is 0 Å². The maximum atomic E-state index is 12.7. The van der Waals surface area contributed by atoms with Gasteiger partial charge >= 0.3 is 0 Å². The van der Waals surface area contributed by atoms with Crippen LogP contribution >= 0.6 is 0 Å². The van der Waals surface area contributed by atoms with Crippen LogP contribution in [0.15, 0.2) is 18.3 Å². The number of aromatic nitrogens is 1. The van der Waals surface area contributed by atoms with Crippen LogP contribution < -0.4 is 0 Å². The normalized spacial score (nSPS) is 20.9. The quantitative estimate of drug-likeness (QED) is 0.770. The summed E-state index contributed by atoms with van der Waals surface area (Å²) in [6.45, 7) is 4.06. The molecule has 0 saturated carbocycles. The Labute approximate surface area is 107 Å². The molecular formula is C14H19FN2O. The van der Waals surface area contributed by atoms with E-state index in [-0.39, 0.29) is 5.78 Å². The number of ketones is 1. The van der Waals surface area contributed by atoms with Crippen molar-refractivity contribution in [2.75, 3.05) is 13.1 Å². The van der Waals surface area contributed by atoms with Gasteiger partial charge in [-0.15, -0.1) is 0 Å². The lowest BCUT2D eigenvalue weighted by atomic mass is 10.0. The van der Waals surface area contributed by atoms with Gasteiger partial charge in [0, 0.05) is 19.0 Å². The number of pyridine rings is 1. The van der Waals surface area contributed by atoms with Gasteiger partial charge in [0.1, 0.15) is 11.5 Å². The molecule has 1 aliphatic heterocycles. The molecule has 2 heterocycles. The molecule has 1 saturated heterocycles. The van der Waals surface area contributed by atoms with Crippen molar-refractivity contribution < 1.29 is 9.18 Å². The lowest BCUT2D eigenvalue weighted by Crippen LogP contribution is -2.38. The molecule has 0 aliphatic carbocycles. The van der Waals surface area contributed by atoms with Crippen molar-refractivity contribution in [3.05, 3.63) is 29.8 Å². The number of carbonyl (C=O) groups excluding carboxylic acids is 1. The molecule has 3 nitrogen and oxygen atoms in total. The summed E-state index contributed by atoms with van der Waals surface area (Å²) < 4.78 is 12.7. The van der Waals surface area contributed by atoms with Crippen LogP contribution in [0.4, 0.5) is 4.39 Å². The molecule has 0 bridgehead atoms. The number of rotatable bonds is 4. The van der Waals surface area contributed by atoms with Gasteiger partial charge in [-0.3, -0.25) is 9.78 Å². The predicted octanol–water partition coefficient (Wildman–Crippen LogP) is 2.67. The predicted molar refractivity (Wildman–Crippen MR) is 68.0 cm³/mol. The third-order valence-electron chi connectivity index (χ3n) is 3.58. The number of hydrogen-bond acceptors (Lipinski definition) is 3. The summed E-state index contributed by atoms with van der Waals surface area (Å²) in [4.78, 5) is 18.1. The summed E-state index contributed by atoms with van der Waals surface area (Å²) in [6.07, 6.45) is 5.27. The van der Waals surface area contributed by atoms with E-state index in [0.717, 1.165) is 19.3 Å². The van der Waals surface area contributed by atoms with Gasteiger partial charge in [-0.2, -0.15) is 0 Å². The molecule has 0 N–H and O–H groups in total. The second-order valence-corrected chi connectivity index (χ2v) is 4.92. The number of Topliss-reactive ketones (excluding diaryl/α,β-unsaturated/α-hetero) is 1. The fourth-order valence-electron chi connectivity index (χ4n) is 2.40. The van der Waals surface area contributed by atoms with Crippen molar-refractivity contribution in [1.29, 1.82) is 0 Å². The highest BCUT2D eigenvalue weighted by molar-refractivity contribution is 5.94. The van der Waals surface area contributed by atoms with E-state index >= 15 is 0 Å². The maximum absolute atomic E-state index is 12.7. The Hall–Kier alpha value is -1.29. The summed E-state index contributed by atoms with van der Waals surface area (Å²) in [7, 11) is 0. The number of hydrogen-bond donors (Lipinski definition) is 0. The van der Waals surface area contributed by atoms with Crippen LogP contribution in [0.1, 0.15) is 43.1 Å². The number of likely N-dealkylation sites (tertiary alicyclic amines) is 1. The van der Waals surface area contributed by atoms with E-state index in [9.17, 15) is 9.18 Å². The zero-order valence-corrected chi connectivity index (χ0v) is 10.7. The molecule has 2 rings (SSSR count). The monoisotopic (exact) mass is 250 g/mol. The van der Waals surface area contributed by atoms with Gasteiger partial charge < -0.3 is 4.90 Å². The number of halogens is 1. The molecule has 1 fully saturated rings. The standard InChI is InChI=1S/C14H19FN2O/c1-11-4-2-3-8-17(11)9-7-14(18)13-6-5-12(15)10-16-13/h5-6,10-11H,2-4,7-9H2,1H3. The van der Waals surface area contributed by atoms with Crippen LogP contribution in [0.5, 0.6) is 0 Å². The third-order valence-corrected chi connectivity index (χ3v) is 3.58. The zero-order valence-electron chi connectivity index (χ0n) is 10.7. The van der Waals surface area contributed by atoms with Gasteiger partial charge in [0.25, 0.3) is 0 Å². The van der Waals surface area contributed by atoms with E-state index in [1.807, 2.05) is 0 Å². The van der Waals surface area contributed by atoms with E-state index in [1.165, 1.54) is 31.4 Å². The van der Waals surface area contributed by atoms with Crippen LogP contribution in [0.2, 0.25) is 0 Å². The van der Waals surface area contributed by atoms with Gasteiger partial charge in [0.2, 0.25) is 0 Å². The van der Waals surface area contributed by atoms with E-state index in [0.29, 0.717) is 18.2 Å². The molecule has 1 aromatic rings. The molecule has 1 aliphatic rings. The number of nitrogens with zero attached hydrogens (tertiary/aromatic N) is 2. The summed E-state index contributed by atoms with van der Waals surface area (Å²) >= 11 is 0. The van der Waals surface area contributed by atoms with E-state index in [4.69, 9.17) is 0 Å². The van der Waals surface area contributed by atoms with Crippen molar-refractivity contribution in [1.82, 2.24) is 9.88 Å². The third kappa shape index (κ3) is 3.35. The topological polar surface area (TPSA) is 33.2 Å². The van der Waals surface area contributed by atoms with Gasteiger partial charge in [-0.1, -0.05) is 6.42 Å². The average molecular weight is 250 g/mol. The van der Waals surface area contributed by atoms with Crippen molar-refractivity contribution in [3.63, 3.8) is 0 Å². The molecule has 98 valence electrons. The maximum Gasteiger partial charge on any atom is 0.182 e. The fourth-order valence-corrected chi connectivity index (χ4v) is 2.40. The first-order chi connectivity index (χ1) is 8.66. The smallest absolute Gasteiger partial charge is 0.182 e. The lowest BCUT2D eigenvalue weighted by Gasteiger charge is -2.33. The Kier molecular flexibility index (Phi) is 4.42. The molecule has 18 heavy (non-hydrogen) atoms. The Morgan fingerprint density at radius 3 is 3.00 bits per heavy atom. The minimum absolute atomic E-state index is 0.00669. The van der Waals surface area contributed by atoms with Crippen molar-refractivity contribution >= 4 is 5.78 Å². The summed E-state index contributed by atoms with van der Waals surface area (Å²) in [5.41, 5.74) is 0.362. The van der Waals surface area contributed by atoms with Crippen LogP contribution in [-0.2, 0) is 0 Å². The minimum Gasteiger partial charge on any atom is -0.300 e. The van der Waals surface area contributed by atoms with Crippen molar-refractivity contribution in [2.45, 2.75) is 38.6 Å². The second kappa shape index (κ2) is 6.05. The highest BCUT2D eigenvalue weighted by Gasteiger charge is 2.19. The molecule has 0 radical (unpaired) electrons. The largest absolute Gasteiger partial charge is 0.300 e. The highest BCUT2D eigenvalue weighted by atomic mass is 19.1. The first-order valence-corrected chi connectivity index (χ1v) is 6.55. The molecule has 0 spiro atoms. The molecular weight excluding hydrogens is 231 g/mol. The lowest BCUT2D eigenvalue weighted by molar-refractivity contribution is 0.0931. The number of piperidine rings is 1. The van der Waals surface area contributed by atoms with E-state index < -0.39 is 5.82 Å². The van der Waals surface area contributed by atoms with E-state index in [2.05, 4.69) is 16.8 Å². The summed E-state index contributed by atoms with van der Waals surface area (Å²) in [5.74, 6) is -0.413. The summed E-state index contributed by atoms with van der Waals surface area (Å²) in [6, 6.07) is 3.30. The zero-order chi connectivity index (χ0) is 13.0. The molecule has 4 heteroatoms. The SMILES string of the molecule is CC1CCCCN1CCC(=O)c1ccc(F)cn1. The molecule has 1 unspecified atom stereocenters.